The average molecular weight is 316 g/mol. The van der Waals surface area contributed by atoms with Crippen LogP contribution >= 0.6 is 11.6 Å². The Morgan fingerprint density at radius 3 is 2.43 bits per heavy atom. The molecular weight excluding hydrogens is 307 g/mol. The summed E-state index contributed by atoms with van der Waals surface area (Å²) < 4.78 is 39.9. The molecule has 0 aromatic heterocycles. The van der Waals surface area contributed by atoms with Crippen LogP contribution < -0.4 is 5.32 Å². The molecule has 0 unspecified atom stereocenters. The minimum Gasteiger partial charge on any atom is -0.478 e. The first-order valence-electron chi connectivity index (χ1n) is 5.78. The monoisotopic (exact) mass is 315 g/mol. The van der Waals surface area contributed by atoms with Gasteiger partial charge in [-0.15, -0.1) is 0 Å². The van der Waals surface area contributed by atoms with Gasteiger partial charge in [0.25, 0.3) is 0 Å². The van der Waals surface area contributed by atoms with E-state index in [0.717, 1.165) is 18.2 Å². The van der Waals surface area contributed by atoms with E-state index in [1.54, 1.807) is 0 Å². The van der Waals surface area contributed by atoms with E-state index in [4.69, 9.17) is 16.7 Å². The maximum Gasteiger partial charge on any atom is 0.338 e. The summed E-state index contributed by atoms with van der Waals surface area (Å²) in [6, 6.07) is 5.13. The van der Waals surface area contributed by atoms with Crippen molar-refractivity contribution in [2.45, 2.75) is 6.54 Å². The topological polar surface area (TPSA) is 49.3 Å². The number of carboxylic acids is 1. The van der Waals surface area contributed by atoms with E-state index < -0.39 is 29.0 Å². The highest BCUT2D eigenvalue weighted by molar-refractivity contribution is 6.33. The molecule has 2 aromatic rings. The summed E-state index contributed by atoms with van der Waals surface area (Å²) >= 11 is 5.70. The number of nitrogens with one attached hydrogen (secondary N) is 1. The van der Waals surface area contributed by atoms with Gasteiger partial charge in [0, 0.05) is 12.6 Å². The van der Waals surface area contributed by atoms with Crippen LogP contribution in [0.5, 0.6) is 0 Å². The van der Waals surface area contributed by atoms with Gasteiger partial charge in [-0.1, -0.05) is 17.7 Å². The van der Waals surface area contributed by atoms with E-state index in [2.05, 4.69) is 5.32 Å². The van der Waals surface area contributed by atoms with Crippen molar-refractivity contribution in [3.05, 3.63) is 63.9 Å². The van der Waals surface area contributed by atoms with Crippen molar-refractivity contribution in [2.24, 2.45) is 0 Å². The van der Waals surface area contributed by atoms with E-state index in [1.807, 2.05) is 0 Å². The van der Waals surface area contributed by atoms with Crippen LogP contribution in [0.2, 0.25) is 5.02 Å². The third-order valence-corrected chi connectivity index (χ3v) is 3.04. The lowest BCUT2D eigenvalue weighted by atomic mass is 10.1. The van der Waals surface area contributed by atoms with Crippen LogP contribution in [0.3, 0.4) is 0 Å². The molecule has 0 radical (unpaired) electrons. The molecule has 0 fully saturated rings. The van der Waals surface area contributed by atoms with Crippen LogP contribution in [0.1, 0.15) is 15.9 Å². The Kier molecular flexibility index (Phi) is 4.37. The normalized spacial score (nSPS) is 10.5. The number of halogens is 4. The van der Waals surface area contributed by atoms with E-state index in [1.165, 1.54) is 6.07 Å². The summed E-state index contributed by atoms with van der Waals surface area (Å²) in [5.41, 5.74) is -0.178. The number of benzene rings is 2. The van der Waals surface area contributed by atoms with E-state index in [9.17, 15) is 18.0 Å². The smallest absolute Gasteiger partial charge is 0.338 e. The number of rotatable bonds is 4. The van der Waals surface area contributed by atoms with Crippen molar-refractivity contribution in [3.8, 4) is 0 Å². The van der Waals surface area contributed by atoms with Gasteiger partial charge < -0.3 is 10.4 Å². The molecular formula is C14H9ClF3NO2. The van der Waals surface area contributed by atoms with Crippen LogP contribution in [0, 0.1) is 17.5 Å². The Hall–Kier alpha value is -2.21. The Morgan fingerprint density at radius 2 is 1.86 bits per heavy atom. The van der Waals surface area contributed by atoms with E-state index in [-0.39, 0.29) is 17.3 Å². The number of carbonyl (C=O) groups is 1. The minimum atomic E-state index is -1.38. The van der Waals surface area contributed by atoms with Crippen molar-refractivity contribution in [1.29, 1.82) is 0 Å². The third kappa shape index (κ3) is 3.46. The second kappa shape index (κ2) is 6.05. The second-order valence-electron chi connectivity index (χ2n) is 4.22. The number of anilines is 1. The summed E-state index contributed by atoms with van der Waals surface area (Å²) in [5.74, 6) is -3.95. The summed E-state index contributed by atoms with van der Waals surface area (Å²) in [6.07, 6.45) is 0. The molecule has 0 saturated carbocycles. The standard InChI is InChI=1S/C14H9ClF3NO2/c15-10-4-8(16)5-12(18)13(10)19-6-7-1-2-9(14(20)21)11(17)3-7/h1-5,19H,6H2,(H,20,21). The maximum absolute atomic E-state index is 13.5. The lowest BCUT2D eigenvalue weighted by Crippen LogP contribution is -2.05. The molecule has 2 rings (SSSR count). The predicted octanol–water partition coefficient (Wildman–Crippen LogP) is 4.07. The molecule has 7 heteroatoms. The van der Waals surface area contributed by atoms with Crippen LogP contribution in [0.15, 0.2) is 30.3 Å². The third-order valence-electron chi connectivity index (χ3n) is 2.74. The predicted molar refractivity (Wildman–Crippen MR) is 72.1 cm³/mol. The molecule has 0 aliphatic heterocycles. The minimum absolute atomic E-state index is 0.000901. The largest absolute Gasteiger partial charge is 0.478 e. The molecule has 0 amide bonds. The fourth-order valence-electron chi connectivity index (χ4n) is 1.74. The highest BCUT2D eigenvalue weighted by atomic mass is 35.5. The van der Waals surface area contributed by atoms with Gasteiger partial charge in [-0.3, -0.25) is 0 Å². The first-order chi connectivity index (χ1) is 9.88. The van der Waals surface area contributed by atoms with Gasteiger partial charge >= 0.3 is 5.97 Å². The van der Waals surface area contributed by atoms with Gasteiger partial charge in [0.05, 0.1) is 16.3 Å². The van der Waals surface area contributed by atoms with Gasteiger partial charge in [-0.05, 0) is 23.8 Å². The molecule has 0 heterocycles. The molecule has 0 atom stereocenters. The highest BCUT2D eigenvalue weighted by Gasteiger charge is 2.12. The van der Waals surface area contributed by atoms with Gasteiger partial charge in [-0.2, -0.15) is 0 Å². The molecule has 21 heavy (non-hydrogen) atoms. The molecule has 0 bridgehead atoms. The Balaban J connectivity index is 2.17. The van der Waals surface area contributed by atoms with Crippen molar-refractivity contribution >= 4 is 23.3 Å². The molecule has 0 saturated heterocycles. The zero-order valence-electron chi connectivity index (χ0n) is 10.5. The molecule has 0 spiro atoms. The Labute approximate surface area is 123 Å². The number of carboxylic acid groups (broad SMARTS) is 1. The molecule has 2 N–H and O–H groups in total. The van der Waals surface area contributed by atoms with Crippen molar-refractivity contribution < 1.29 is 23.1 Å². The Bertz CT molecular complexity index is 684. The fourth-order valence-corrected chi connectivity index (χ4v) is 2.00. The fraction of sp³-hybridized carbons (Fsp3) is 0.0714. The Morgan fingerprint density at radius 1 is 1.14 bits per heavy atom. The maximum atomic E-state index is 13.5. The number of hydrogen-bond donors (Lipinski definition) is 2. The first-order valence-corrected chi connectivity index (χ1v) is 6.16. The molecule has 2 aromatic carbocycles. The zero-order valence-corrected chi connectivity index (χ0v) is 11.2. The zero-order chi connectivity index (χ0) is 15.6. The summed E-state index contributed by atoms with van der Waals surface area (Å²) in [5, 5.41) is 11.2. The average Bonchev–Trinajstić information content (AvgIpc) is 2.36. The van der Waals surface area contributed by atoms with E-state index >= 15 is 0 Å². The van der Waals surface area contributed by atoms with Crippen LogP contribution in [-0.2, 0) is 6.54 Å². The van der Waals surface area contributed by atoms with Crippen LogP contribution in [0.4, 0.5) is 18.9 Å². The number of hydrogen-bond acceptors (Lipinski definition) is 2. The van der Waals surface area contributed by atoms with Crippen molar-refractivity contribution in [2.75, 3.05) is 5.32 Å². The molecule has 3 nitrogen and oxygen atoms in total. The van der Waals surface area contributed by atoms with E-state index in [0.29, 0.717) is 11.6 Å². The summed E-state index contributed by atoms with van der Waals surface area (Å²) in [7, 11) is 0. The van der Waals surface area contributed by atoms with Crippen molar-refractivity contribution in [1.82, 2.24) is 0 Å². The lowest BCUT2D eigenvalue weighted by Gasteiger charge is -2.10. The van der Waals surface area contributed by atoms with Gasteiger partial charge in [0.15, 0.2) is 5.82 Å². The van der Waals surface area contributed by atoms with Crippen LogP contribution in [-0.4, -0.2) is 11.1 Å². The van der Waals surface area contributed by atoms with Crippen molar-refractivity contribution in [3.63, 3.8) is 0 Å². The first kappa shape index (κ1) is 15.2. The number of aromatic carboxylic acids is 1. The van der Waals surface area contributed by atoms with Crippen LogP contribution in [0.25, 0.3) is 0 Å². The summed E-state index contributed by atoms with van der Waals surface area (Å²) in [4.78, 5) is 10.7. The second-order valence-corrected chi connectivity index (χ2v) is 4.62. The molecule has 0 aliphatic rings. The molecule has 0 aliphatic carbocycles. The summed E-state index contributed by atoms with van der Waals surface area (Å²) in [6.45, 7) is -0.000901. The molecule has 110 valence electrons. The highest BCUT2D eigenvalue weighted by Crippen LogP contribution is 2.27. The lowest BCUT2D eigenvalue weighted by molar-refractivity contribution is 0.0692. The van der Waals surface area contributed by atoms with Gasteiger partial charge in [0.2, 0.25) is 0 Å². The van der Waals surface area contributed by atoms with Gasteiger partial charge in [0.1, 0.15) is 11.6 Å². The van der Waals surface area contributed by atoms with Gasteiger partial charge in [-0.25, -0.2) is 18.0 Å². The quantitative estimate of drug-likeness (QED) is 0.894. The SMILES string of the molecule is O=C(O)c1ccc(CNc2c(F)cc(F)cc2Cl)cc1F.